The number of methoxy groups -OCH3 is 1. The Hall–Kier alpha value is -14.1. The molecule has 15 aromatic carbocycles. The molecule has 1 unspecified atom stereocenters. The highest BCUT2D eigenvalue weighted by Gasteiger charge is 2.17. The third-order valence-corrected chi connectivity index (χ3v) is 20.8. The zero-order valence-corrected chi connectivity index (χ0v) is 83.6. The lowest BCUT2D eigenvalue weighted by atomic mass is 10.0. The van der Waals surface area contributed by atoms with Crippen molar-refractivity contribution in [2.24, 2.45) is 5.10 Å². The number of nitrogens with one attached hydrogen (secondary N) is 1. The lowest BCUT2D eigenvalue weighted by molar-refractivity contribution is -0.494. The Labute approximate surface area is 811 Å². The molecule has 0 amide bonds. The highest BCUT2D eigenvalue weighted by molar-refractivity contribution is 14.1. The number of ether oxygens (including phenoxy) is 1. The Bertz CT molecular complexity index is 5820. The summed E-state index contributed by atoms with van der Waals surface area (Å²) in [5.74, 6) is 0.429. The van der Waals surface area contributed by atoms with Gasteiger partial charge in [0.2, 0.25) is 0 Å². The van der Waals surface area contributed by atoms with Crippen LogP contribution in [0, 0.1) is 105 Å². The number of rotatable bonds is 8. The molecule has 686 valence electrons. The number of nitrogen functional groups attached to an aromatic ring is 1. The van der Waals surface area contributed by atoms with E-state index in [1.54, 1.807) is 38.4 Å². The lowest BCUT2D eigenvalue weighted by Gasteiger charge is -2.11. The summed E-state index contributed by atoms with van der Waals surface area (Å²) < 4.78 is 37.5. The van der Waals surface area contributed by atoms with E-state index in [1.165, 1.54) is 139 Å². The minimum Gasteiger partial charge on any atom is -0.508 e. The largest absolute Gasteiger partial charge is 0.508 e. The molecule has 2 aromatic heterocycles. The summed E-state index contributed by atoms with van der Waals surface area (Å²) in [6, 6.07) is 125. The molecule has 0 fully saturated rings. The summed E-state index contributed by atoms with van der Waals surface area (Å²) in [6.07, 6.45) is 10.3. The number of phenolic OH excluding ortho intramolecular Hbond substituents is 2. The summed E-state index contributed by atoms with van der Waals surface area (Å²) >= 11 is 5.73. The molecule has 0 bridgehead atoms. The van der Waals surface area contributed by atoms with Gasteiger partial charge in [0.15, 0.2) is 30.6 Å². The van der Waals surface area contributed by atoms with Gasteiger partial charge in [-0.25, -0.2) is 18.1 Å². The second-order valence-corrected chi connectivity index (χ2v) is 33.9. The molecule has 16 heteroatoms. The van der Waals surface area contributed by atoms with E-state index < -0.39 is 5.82 Å². The molecule has 18 rings (SSSR count). The smallest absolute Gasteiger partial charge is 0.185 e. The van der Waals surface area contributed by atoms with E-state index in [0.29, 0.717) is 11.7 Å². The summed E-state index contributed by atoms with van der Waals surface area (Å²) in [7, 11) is 9.63. The monoisotopic (exact) mass is 1950 g/mol. The van der Waals surface area contributed by atoms with Gasteiger partial charge in [0.1, 0.15) is 17.4 Å². The van der Waals surface area contributed by atoms with Crippen LogP contribution in [0.2, 0.25) is 0 Å². The van der Waals surface area contributed by atoms with E-state index in [9.17, 15) is 8.78 Å². The quantitative estimate of drug-likeness (QED) is 0.0669. The number of halogens is 4. The van der Waals surface area contributed by atoms with Crippen molar-refractivity contribution in [3.05, 3.63) is 498 Å². The number of hydrazone groups is 1. The number of benzene rings is 15. The van der Waals surface area contributed by atoms with Crippen LogP contribution in [0.15, 0.2) is 410 Å². The maximum atomic E-state index is 12.6. The van der Waals surface area contributed by atoms with Crippen molar-refractivity contribution in [1.29, 1.82) is 0 Å². The Balaban J connectivity index is 0.000000223. The Morgan fingerprint density at radius 2 is 0.789 bits per heavy atom. The Morgan fingerprint density at radius 3 is 1.14 bits per heavy atom. The van der Waals surface area contributed by atoms with Crippen LogP contribution in [-0.2, 0) is 0 Å². The van der Waals surface area contributed by atoms with Gasteiger partial charge in [0.05, 0.1) is 37.1 Å². The van der Waals surface area contributed by atoms with Crippen LogP contribution in [0.25, 0.3) is 33.6 Å². The molecule has 1 atom stereocenters. The molecule has 133 heavy (non-hydrogen) atoms. The van der Waals surface area contributed by atoms with Gasteiger partial charge in [-0.1, -0.05) is 336 Å². The zero-order valence-electron chi connectivity index (χ0n) is 79.9. The number of aromatic hydroxyl groups is 2. The summed E-state index contributed by atoms with van der Waals surface area (Å²) in [5, 5.41) is 32.6. The van der Waals surface area contributed by atoms with Gasteiger partial charge in [0.25, 0.3) is 0 Å². The zero-order chi connectivity index (χ0) is 96.8. The van der Waals surface area contributed by atoms with Gasteiger partial charge in [-0.15, -0.1) is 0 Å². The van der Waals surface area contributed by atoms with E-state index in [4.69, 9.17) is 20.7 Å². The van der Waals surface area contributed by atoms with Gasteiger partial charge >= 0.3 is 0 Å². The van der Waals surface area contributed by atoms with Crippen LogP contribution in [0.5, 0.6) is 17.2 Å². The van der Waals surface area contributed by atoms with E-state index >= 15 is 0 Å². The van der Waals surface area contributed by atoms with E-state index in [1.807, 2.05) is 186 Å². The summed E-state index contributed by atoms with van der Waals surface area (Å²) in [5.41, 5.74) is 33.1. The van der Waals surface area contributed by atoms with Crippen LogP contribution in [-0.4, -0.2) is 82.2 Å². The average Bonchev–Trinajstić information content (AvgIpc) is 1.84. The first kappa shape index (κ1) is 108. The second kappa shape index (κ2) is 60.0. The van der Waals surface area contributed by atoms with Crippen LogP contribution in [0.3, 0.4) is 0 Å². The van der Waals surface area contributed by atoms with Crippen molar-refractivity contribution in [1.82, 2.24) is 19.6 Å². The number of hydrogen-bond acceptors (Lipinski definition) is 9. The second-order valence-electron chi connectivity index (χ2n) is 31.8. The first-order chi connectivity index (χ1) is 63.8. The lowest BCUT2D eigenvalue weighted by Crippen LogP contribution is -2.07. The first-order valence-electron chi connectivity index (χ1n) is 43.6. The van der Waals surface area contributed by atoms with E-state index in [-0.39, 0.29) is 11.6 Å². The third-order valence-electron chi connectivity index (χ3n) is 19.6. The topological polar surface area (TPSA) is 142 Å². The minimum absolute atomic E-state index is 0.291. The molecule has 17 aromatic rings. The molecular formula is C117H128BrF2IN9O3+. The fourth-order valence-electron chi connectivity index (χ4n) is 11.5. The van der Waals surface area contributed by atoms with Crippen molar-refractivity contribution < 1.29 is 28.4 Å². The number of nitrogens with zero attached hydrogens (tertiary/aromatic N) is 7. The van der Waals surface area contributed by atoms with Crippen molar-refractivity contribution >= 4 is 68.0 Å². The molecule has 0 radical (unpaired) electrons. The van der Waals surface area contributed by atoms with Crippen molar-refractivity contribution in [3.8, 4) is 50.9 Å². The van der Waals surface area contributed by atoms with E-state index in [0.717, 1.165) is 32.8 Å². The maximum Gasteiger partial charge on any atom is 0.185 e. The molecular weight excluding hydrogens is 1820 g/mol. The van der Waals surface area contributed by atoms with Crippen molar-refractivity contribution in [3.63, 3.8) is 0 Å². The number of nitrogens with two attached hydrogens (primary N) is 1. The summed E-state index contributed by atoms with van der Waals surface area (Å²) in [4.78, 5) is 2.10. The van der Waals surface area contributed by atoms with Gasteiger partial charge < -0.3 is 30.9 Å². The third kappa shape index (κ3) is 44.9. The molecule has 12 nitrogen and oxygen atoms in total. The predicted octanol–water partition coefficient (Wildman–Crippen LogP) is 30.2. The Morgan fingerprint density at radius 1 is 0.421 bits per heavy atom. The van der Waals surface area contributed by atoms with Gasteiger partial charge in [-0.3, -0.25) is 0 Å². The van der Waals surface area contributed by atoms with Crippen molar-refractivity contribution in [2.75, 3.05) is 51.3 Å². The molecule has 5 N–H and O–H groups in total. The van der Waals surface area contributed by atoms with E-state index in [2.05, 4.69) is 363 Å². The Kier molecular flexibility index (Phi) is 48.6. The SMILES string of the molecule is CNc1ccc(C)cc1.COc1ccc(C)cc1.Cc1ccc(-c2ccc(Br)cc2)cc1.Cc1ccc(-c2ccccc2)cc1.Cc1ccc(-n2cc(F)cn2)cc1.Cc1ccc(-n2cccn2)cc1.Cc1ccc(C2C=N[N+](C)=C2)cc1.Cc1ccc(I)cc1.Cc1ccc(N(C)C)cc1.Cc1ccc(N)cc1.Cc1ccc(O)c(F)c1.Cc1ccc(O)cc1.Cc1ccccc1. The van der Waals surface area contributed by atoms with Crippen LogP contribution >= 0.6 is 38.5 Å². The molecule has 0 saturated carbocycles. The normalized spacial score (nSPS) is 10.7. The summed E-state index contributed by atoms with van der Waals surface area (Å²) in [6.45, 7) is 26.6. The fourth-order valence-corrected chi connectivity index (χ4v) is 12.1. The molecule has 0 aliphatic carbocycles. The number of phenols is 2. The number of hydrogen-bond donors (Lipinski definition) is 4. The minimum atomic E-state index is -0.560. The van der Waals surface area contributed by atoms with Crippen LogP contribution in [0.4, 0.5) is 25.8 Å². The highest BCUT2D eigenvalue weighted by Crippen LogP contribution is 2.24. The number of aryl methyl sites for hydroxylation is 13. The molecule has 0 saturated heterocycles. The molecule has 1 aliphatic heterocycles. The number of anilines is 3. The van der Waals surface area contributed by atoms with Crippen molar-refractivity contribution in [2.45, 2.75) is 95.9 Å². The molecule has 3 heterocycles. The molecule has 0 spiro atoms. The maximum absolute atomic E-state index is 12.6. The average molecular weight is 1950 g/mol. The predicted molar refractivity (Wildman–Crippen MR) is 572 cm³/mol. The van der Waals surface area contributed by atoms with Gasteiger partial charge in [0, 0.05) is 58.6 Å². The fraction of sp³-hybridized carbons (Fsp3) is 0.162. The number of aromatic nitrogens is 4. The highest BCUT2D eigenvalue weighted by atomic mass is 127. The standard InChI is InChI=1S/C13H11Br.C13H12.C11H13N2.C10H9FN2.C10H10N2.C9H13N.C8H11N.C8H10O.C7H7FO.C7H7I.C7H9N.C7H8O.C7H8/c1-10-2-4-11(5-3-10)12-6-8-13(14)9-7-12;1-11-7-9-13(10-8-11)12-5-3-2-4-6-12;1-9-3-5-10(6-4-9)11-7-12-13(2)8-11;1-8-2-4-10(5-3-8)13-7-9(11)6-12-13;1-9-3-5-10(6-4-9)12-8-2-7-11-12;1-8-4-6-9(7-5-8)10(2)3;2*1-7-3-5-8(9-2)6-4-7;1-5-2-3-7(9)6(8)4-5;3*1-6-2-4-7(8)5-3-6;1-7-5-3-2-4-6-7/h2-9H,1H3;2-10H,1H3;3-8,11H,1-2H3;2-7H,1H3;2-8H,1H3;4-7H,1-3H3;3-6,9H,1-2H3;3-6H,1-2H3;2-4,9H,1H3;2-5H,1H3;2-5H,8H2,1H3;2-5,8H,1H3;2-6H,1H3/q;;+1;;;;;;;;;;. The first-order valence-corrected chi connectivity index (χ1v) is 45.5. The van der Waals surface area contributed by atoms with Gasteiger partial charge in [-0.05, 0) is 278 Å². The van der Waals surface area contributed by atoms with Gasteiger partial charge in [-0.2, -0.15) is 10.2 Å². The van der Waals surface area contributed by atoms with Crippen LogP contribution < -0.4 is 20.7 Å². The van der Waals surface area contributed by atoms with Crippen LogP contribution in [0.1, 0.15) is 83.8 Å². The molecule has 1 aliphatic rings.